The normalized spacial score (nSPS) is 10.7. The van der Waals surface area contributed by atoms with Crippen molar-refractivity contribution in [3.8, 4) is 0 Å². The summed E-state index contributed by atoms with van der Waals surface area (Å²) in [5.74, 6) is -0.603. The van der Waals surface area contributed by atoms with Gasteiger partial charge in [0.05, 0.1) is 11.5 Å². The predicted octanol–water partition coefficient (Wildman–Crippen LogP) is 2.38. The Kier molecular flexibility index (Phi) is 7.07. The first-order chi connectivity index (χ1) is 10.0. The van der Waals surface area contributed by atoms with Crippen molar-refractivity contribution in [2.75, 3.05) is 19.8 Å². The molecule has 0 aliphatic rings. The second kappa shape index (κ2) is 8.56. The Morgan fingerprint density at radius 1 is 1.38 bits per heavy atom. The lowest BCUT2D eigenvalue weighted by molar-refractivity contribution is -0.385. The highest BCUT2D eigenvalue weighted by atomic mass is 35.5. The number of para-hydroxylation sites is 1. The number of halogens is 1. The van der Waals surface area contributed by atoms with Crippen LogP contribution in [0.25, 0.3) is 0 Å². The minimum atomic E-state index is -0.681. The predicted molar refractivity (Wildman–Crippen MR) is 77.5 cm³/mol. The van der Waals surface area contributed by atoms with E-state index in [2.05, 4.69) is 5.32 Å². The highest BCUT2D eigenvalue weighted by Crippen LogP contribution is 2.27. The standard InChI is InChI=1S/C13H17ClN2O5/c1-3-20-11(21-4-2)8-15-13(17)9-6-5-7-10(14)12(9)16(18)19/h5-7,11H,3-4,8H2,1-2H3,(H,15,17). The largest absolute Gasteiger partial charge is 0.351 e. The Morgan fingerprint density at radius 2 is 2.00 bits per heavy atom. The molecule has 1 aromatic carbocycles. The van der Waals surface area contributed by atoms with Gasteiger partial charge in [0, 0.05) is 13.2 Å². The first-order valence-corrected chi connectivity index (χ1v) is 6.83. The molecule has 1 amide bonds. The van der Waals surface area contributed by atoms with E-state index < -0.39 is 22.8 Å². The number of nitro benzene ring substituents is 1. The first kappa shape index (κ1) is 17.4. The van der Waals surface area contributed by atoms with Crippen molar-refractivity contribution in [1.82, 2.24) is 5.32 Å². The van der Waals surface area contributed by atoms with Crippen LogP contribution in [0.3, 0.4) is 0 Å². The first-order valence-electron chi connectivity index (χ1n) is 6.45. The van der Waals surface area contributed by atoms with Crippen molar-refractivity contribution in [2.24, 2.45) is 0 Å². The van der Waals surface area contributed by atoms with Crippen LogP contribution in [0.4, 0.5) is 5.69 Å². The monoisotopic (exact) mass is 316 g/mol. The highest BCUT2D eigenvalue weighted by molar-refractivity contribution is 6.33. The lowest BCUT2D eigenvalue weighted by Gasteiger charge is -2.17. The molecular formula is C13H17ClN2O5. The molecule has 7 nitrogen and oxygen atoms in total. The van der Waals surface area contributed by atoms with Crippen molar-refractivity contribution < 1.29 is 19.2 Å². The Hall–Kier alpha value is -1.70. The van der Waals surface area contributed by atoms with Crippen molar-refractivity contribution >= 4 is 23.2 Å². The molecule has 0 fully saturated rings. The van der Waals surface area contributed by atoms with E-state index in [0.717, 1.165) is 0 Å². The fourth-order valence-corrected chi connectivity index (χ4v) is 1.94. The zero-order valence-corrected chi connectivity index (χ0v) is 12.6. The molecule has 0 aliphatic heterocycles. The van der Waals surface area contributed by atoms with Crippen molar-refractivity contribution in [3.05, 3.63) is 38.9 Å². The van der Waals surface area contributed by atoms with Crippen LogP contribution in [0.2, 0.25) is 5.02 Å². The molecule has 0 bridgehead atoms. The summed E-state index contributed by atoms with van der Waals surface area (Å²) in [7, 11) is 0. The number of nitrogens with one attached hydrogen (secondary N) is 1. The van der Waals surface area contributed by atoms with Crippen LogP contribution in [0.1, 0.15) is 24.2 Å². The molecule has 0 aliphatic carbocycles. The molecule has 0 unspecified atom stereocenters. The molecule has 1 rings (SSSR count). The molecule has 0 radical (unpaired) electrons. The van der Waals surface area contributed by atoms with Crippen LogP contribution in [-0.4, -0.2) is 36.9 Å². The lowest BCUT2D eigenvalue weighted by atomic mass is 10.1. The summed E-state index contributed by atoms with van der Waals surface area (Å²) in [4.78, 5) is 22.4. The third-order valence-corrected chi connectivity index (χ3v) is 2.85. The van der Waals surface area contributed by atoms with Crippen LogP contribution >= 0.6 is 11.6 Å². The minimum absolute atomic E-state index is 0.0844. The van der Waals surface area contributed by atoms with Crippen LogP contribution in [0, 0.1) is 10.1 Å². The van der Waals surface area contributed by atoms with Crippen molar-refractivity contribution in [1.29, 1.82) is 0 Å². The smallest absolute Gasteiger partial charge is 0.300 e. The van der Waals surface area contributed by atoms with Gasteiger partial charge in [-0.3, -0.25) is 14.9 Å². The zero-order valence-electron chi connectivity index (χ0n) is 11.8. The average molecular weight is 317 g/mol. The summed E-state index contributed by atoms with van der Waals surface area (Å²) in [6.45, 7) is 4.55. The third-order valence-electron chi connectivity index (χ3n) is 2.55. The average Bonchev–Trinajstić information content (AvgIpc) is 2.44. The van der Waals surface area contributed by atoms with Gasteiger partial charge in [-0.2, -0.15) is 0 Å². The van der Waals surface area contributed by atoms with E-state index in [4.69, 9.17) is 21.1 Å². The topological polar surface area (TPSA) is 90.7 Å². The number of rotatable bonds is 8. The summed E-state index contributed by atoms with van der Waals surface area (Å²) in [5, 5.41) is 13.4. The zero-order chi connectivity index (χ0) is 15.8. The second-order valence-electron chi connectivity index (χ2n) is 3.94. The number of benzene rings is 1. The van der Waals surface area contributed by atoms with Crippen LogP contribution in [0.5, 0.6) is 0 Å². The Balaban J connectivity index is 2.80. The Bertz CT molecular complexity index is 503. The lowest BCUT2D eigenvalue weighted by Crippen LogP contribution is -2.35. The number of nitro groups is 1. The van der Waals surface area contributed by atoms with E-state index in [0.29, 0.717) is 13.2 Å². The Labute approximate surface area is 127 Å². The van der Waals surface area contributed by atoms with Crippen LogP contribution in [0.15, 0.2) is 18.2 Å². The van der Waals surface area contributed by atoms with Gasteiger partial charge in [-0.15, -0.1) is 0 Å². The fraction of sp³-hybridized carbons (Fsp3) is 0.462. The summed E-state index contributed by atoms with van der Waals surface area (Å²) in [6.07, 6.45) is -0.595. The summed E-state index contributed by atoms with van der Waals surface area (Å²) in [5.41, 5.74) is -0.514. The highest BCUT2D eigenvalue weighted by Gasteiger charge is 2.24. The molecule has 0 saturated heterocycles. The molecular weight excluding hydrogens is 300 g/mol. The van der Waals surface area contributed by atoms with E-state index in [1.165, 1.54) is 18.2 Å². The number of carbonyl (C=O) groups excluding carboxylic acids is 1. The molecule has 116 valence electrons. The van der Waals surface area contributed by atoms with E-state index in [1.807, 2.05) is 0 Å². The SMILES string of the molecule is CCOC(CNC(=O)c1cccc(Cl)c1[N+](=O)[O-])OCC. The molecule has 21 heavy (non-hydrogen) atoms. The van der Waals surface area contributed by atoms with E-state index >= 15 is 0 Å². The number of ether oxygens (including phenoxy) is 2. The maximum Gasteiger partial charge on any atom is 0.300 e. The Morgan fingerprint density at radius 3 is 2.52 bits per heavy atom. The molecule has 0 aromatic heterocycles. The van der Waals surface area contributed by atoms with Crippen molar-refractivity contribution in [2.45, 2.75) is 20.1 Å². The molecule has 1 N–H and O–H groups in total. The summed E-state index contributed by atoms with van der Waals surface area (Å²) < 4.78 is 10.5. The fourth-order valence-electron chi connectivity index (χ4n) is 1.69. The quantitative estimate of drug-likeness (QED) is 0.451. The molecule has 0 saturated carbocycles. The van der Waals surface area contributed by atoms with Gasteiger partial charge in [0.15, 0.2) is 6.29 Å². The number of hydrogen-bond donors (Lipinski definition) is 1. The van der Waals surface area contributed by atoms with Gasteiger partial charge < -0.3 is 14.8 Å². The molecule has 1 aromatic rings. The number of nitrogens with zero attached hydrogens (tertiary/aromatic N) is 1. The van der Waals surface area contributed by atoms with Crippen molar-refractivity contribution in [3.63, 3.8) is 0 Å². The van der Waals surface area contributed by atoms with Gasteiger partial charge in [-0.25, -0.2) is 0 Å². The van der Waals surface area contributed by atoms with Gasteiger partial charge >= 0.3 is 5.69 Å². The number of carbonyl (C=O) groups is 1. The van der Waals surface area contributed by atoms with E-state index in [-0.39, 0.29) is 17.1 Å². The van der Waals surface area contributed by atoms with Gasteiger partial charge in [0.1, 0.15) is 10.6 Å². The van der Waals surface area contributed by atoms with Gasteiger partial charge in [0.2, 0.25) is 0 Å². The van der Waals surface area contributed by atoms with Gasteiger partial charge in [0.25, 0.3) is 5.91 Å². The number of amides is 1. The summed E-state index contributed by atoms with van der Waals surface area (Å²) in [6, 6.07) is 4.18. The second-order valence-corrected chi connectivity index (χ2v) is 4.35. The number of hydrogen-bond acceptors (Lipinski definition) is 5. The molecule has 0 heterocycles. The maximum atomic E-state index is 12.0. The minimum Gasteiger partial charge on any atom is -0.351 e. The molecule has 0 spiro atoms. The third kappa shape index (κ3) is 4.96. The molecule has 8 heteroatoms. The van der Waals surface area contributed by atoms with E-state index in [1.54, 1.807) is 13.8 Å². The maximum absolute atomic E-state index is 12.0. The van der Waals surface area contributed by atoms with Crippen LogP contribution < -0.4 is 5.32 Å². The van der Waals surface area contributed by atoms with Crippen LogP contribution in [-0.2, 0) is 9.47 Å². The van der Waals surface area contributed by atoms with Gasteiger partial charge in [-0.05, 0) is 26.0 Å². The molecule has 0 atom stereocenters. The van der Waals surface area contributed by atoms with Gasteiger partial charge in [-0.1, -0.05) is 17.7 Å². The summed E-state index contributed by atoms with van der Waals surface area (Å²) >= 11 is 5.76. The van der Waals surface area contributed by atoms with E-state index in [9.17, 15) is 14.9 Å².